The highest BCUT2D eigenvalue weighted by Gasteiger charge is 1.95. The van der Waals surface area contributed by atoms with Gasteiger partial charge in [0, 0.05) is 6.54 Å². The Bertz CT molecular complexity index is 259. The monoisotopic (exact) mass is 166 g/mol. The summed E-state index contributed by atoms with van der Waals surface area (Å²) in [5.74, 6) is 0. The molecule has 1 aromatic rings. The maximum Gasteiger partial charge on any atom is 0.110 e. The van der Waals surface area contributed by atoms with Gasteiger partial charge in [-0.05, 0) is 18.6 Å². The topological polar surface area (TPSA) is 35.8 Å². The molecule has 2 nitrogen and oxygen atoms in total. The maximum absolute atomic E-state index is 8.51. The summed E-state index contributed by atoms with van der Waals surface area (Å²) in [5.41, 5.74) is 0. The molecule has 0 radical (unpaired) electrons. The molecule has 0 fully saturated rings. The Kier molecular flexibility index (Phi) is 2.94. The van der Waals surface area contributed by atoms with Crippen LogP contribution in [0.3, 0.4) is 0 Å². The molecule has 3 heteroatoms. The molecule has 1 rings (SSSR count). The van der Waals surface area contributed by atoms with Gasteiger partial charge in [-0.15, -0.1) is 11.3 Å². The molecule has 0 aliphatic carbocycles. The van der Waals surface area contributed by atoms with Crippen LogP contribution >= 0.6 is 11.3 Å². The Morgan fingerprint density at radius 2 is 2.45 bits per heavy atom. The number of hydrogen-bond donors (Lipinski definition) is 1. The van der Waals surface area contributed by atoms with Crippen molar-refractivity contribution < 1.29 is 0 Å². The zero-order valence-corrected chi connectivity index (χ0v) is 7.24. The van der Waals surface area contributed by atoms with Crippen molar-refractivity contribution in [1.29, 1.82) is 5.26 Å². The molecule has 11 heavy (non-hydrogen) atoms. The largest absolute Gasteiger partial charge is 0.377 e. The minimum absolute atomic E-state index is 0.767. The van der Waals surface area contributed by atoms with Gasteiger partial charge >= 0.3 is 0 Å². The number of anilines is 1. The highest BCUT2D eigenvalue weighted by atomic mass is 32.1. The molecule has 0 unspecified atom stereocenters. The van der Waals surface area contributed by atoms with Crippen LogP contribution in [-0.4, -0.2) is 6.54 Å². The predicted octanol–water partition coefficient (Wildman–Crippen LogP) is 2.44. The lowest BCUT2D eigenvalue weighted by Gasteiger charge is -1.97. The van der Waals surface area contributed by atoms with Crippen LogP contribution < -0.4 is 5.32 Å². The summed E-state index contributed by atoms with van der Waals surface area (Å²) in [6.07, 6.45) is 1.11. The van der Waals surface area contributed by atoms with E-state index in [0.717, 1.165) is 22.8 Å². The lowest BCUT2D eigenvalue weighted by molar-refractivity contribution is 0.984. The van der Waals surface area contributed by atoms with E-state index >= 15 is 0 Å². The first-order valence-electron chi connectivity index (χ1n) is 3.60. The molecule has 0 spiro atoms. The Balaban J connectivity index is 2.53. The van der Waals surface area contributed by atoms with E-state index < -0.39 is 0 Å². The maximum atomic E-state index is 8.51. The first kappa shape index (κ1) is 8.09. The van der Waals surface area contributed by atoms with E-state index in [1.807, 2.05) is 12.1 Å². The molecule has 0 saturated carbocycles. The van der Waals surface area contributed by atoms with Crippen molar-refractivity contribution in [2.75, 3.05) is 11.9 Å². The molecule has 0 saturated heterocycles. The fraction of sp³-hybridized carbons (Fsp3) is 0.375. The number of hydrogen-bond acceptors (Lipinski definition) is 3. The standard InChI is InChI=1S/C8H10N2S/c1-2-5-10-8-4-3-7(6-9)11-8/h3-4,10H,2,5H2,1H3. The molecule has 0 aromatic carbocycles. The Labute approximate surface area is 70.5 Å². The Morgan fingerprint density at radius 1 is 1.64 bits per heavy atom. The third kappa shape index (κ3) is 2.24. The van der Waals surface area contributed by atoms with Crippen molar-refractivity contribution in [1.82, 2.24) is 0 Å². The smallest absolute Gasteiger partial charge is 0.110 e. The van der Waals surface area contributed by atoms with Gasteiger partial charge in [-0.3, -0.25) is 0 Å². The van der Waals surface area contributed by atoms with Gasteiger partial charge in [0.2, 0.25) is 0 Å². The molecule has 0 atom stereocenters. The average Bonchev–Trinajstić information content (AvgIpc) is 2.48. The first-order chi connectivity index (χ1) is 5.36. The van der Waals surface area contributed by atoms with Crippen molar-refractivity contribution in [2.45, 2.75) is 13.3 Å². The van der Waals surface area contributed by atoms with Gasteiger partial charge in [0.15, 0.2) is 0 Å². The molecule has 0 aliphatic heterocycles. The van der Waals surface area contributed by atoms with Gasteiger partial charge in [0.05, 0.1) is 5.00 Å². The predicted molar refractivity (Wildman–Crippen MR) is 47.8 cm³/mol. The Hall–Kier alpha value is -1.01. The zero-order valence-electron chi connectivity index (χ0n) is 6.42. The van der Waals surface area contributed by atoms with E-state index in [1.54, 1.807) is 0 Å². The van der Waals surface area contributed by atoms with Gasteiger partial charge < -0.3 is 5.32 Å². The van der Waals surface area contributed by atoms with E-state index in [2.05, 4.69) is 18.3 Å². The first-order valence-corrected chi connectivity index (χ1v) is 4.42. The van der Waals surface area contributed by atoms with Crippen LogP contribution in [0.15, 0.2) is 12.1 Å². The van der Waals surface area contributed by atoms with Crippen molar-refractivity contribution in [3.63, 3.8) is 0 Å². The van der Waals surface area contributed by atoms with Gasteiger partial charge in [-0.1, -0.05) is 6.92 Å². The van der Waals surface area contributed by atoms with Crippen LogP contribution in [0, 0.1) is 11.3 Å². The molecule has 58 valence electrons. The van der Waals surface area contributed by atoms with Crippen LogP contribution in [0.5, 0.6) is 0 Å². The molecule has 0 bridgehead atoms. The van der Waals surface area contributed by atoms with Gasteiger partial charge in [-0.2, -0.15) is 5.26 Å². The fourth-order valence-electron chi connectivity index (χ4n) is 0.741. The van der Waals surface area contributed by atoms with E-state index in [-0.39, 0.29) is 0 Å². The second-order valence-corrected chi connectivity index (χ2v) is 3.29. The van der Waals surface area contributed by atoms with Crippen molar-refractivity contribution >= 4 is 16.3 Å². The number of nitrogens with one attached hydrogen (secondary N) is 1. The van der Waals surface area contributed by atoms with Crippen LogP contribution in [0.1, 0.15) is 18.2 Å². The average molecular weight is 166 g/mol. The molecular weight excluding hydrogens is 156 g/mol. The SMILES string of the molecule is CCCNc1ccc(C#N)s1. The van der Waals surface area contributed by atoms with E-state index in [0.29, 0.717) is 0 Å². The summed E-state index contributed by atoms with van der Waals surface area (Å²) in [6, 6.07) is 5.88. The molecule has 1 heterocycles. The summed E-state index contributed by atoms with van der Waals surface area (Å²) < 4.78 is 0. The minimum Gasteiger partial charge on any atom is -0.377 e. The zero-order chi connectivity index (χ0) is 8.10. The number of thiophene rings is 1. The van der Waals surface area contributed by atoms with Gasteiger partial charge in [-0.25, -0.2) is 0 Å². The van der Waals surface area contributed by atoms with Crippen LogP contribution in [0.2, 0.25) is 0 Å². The minimum atomic E-state index is 0.767. The summed E-state index contributed by atoms with van der Waals surface area (Å²) in [6.45, 7) is 3.09. The lowest BCUT2D eigenvalue weighted by Crippen LogP contribution is -1.96. The third-order valence-electron chi connectivity index (χ3n) is 1.27. The van der Waals surface area contributed by atoms with E-state index in [4.69, 9.17) is 5.26 Å². The highest BCUT2D eigenvalue weighted by Crippen LogP contribution is 2.20. The van der Waals surface area contributed by atoms with Crippen LogP contribution in [0.25, 0.3) is 0 Å². The molecule has 0 aliphatic rings. The van der Waals surface area contributed by atoms with Gasteiger partial charge in [0.1, 0.15) is 10.9 Å². The second kappa shape index (κ2) is 3.99. The van der Waals surface area contributed by atoms with Gasteiger partial charge in [0.25, 0.3) is 0 Å². The highest BCUT2D eigenvalue weighted by molar-refractivity contribution is 7.16. The summed E-state index contributed by atoms with van der Waals surface area (Å²) in [5, 5.41) is 12.8. The lowest BCUT2D eigenvalue weighted by atomic mass is 10.4. The summed E-state index contributed by atoms with van der Waals surface area (Å²) in [7, 11) is 0. The quantitative estimate of drug-likeness (QED) is 0.748. The molecule has 0 amide bonds. The van der Waals surface area contributed by atoms with E-state index in [1.165, 1.54) is 11.3 Å². The molecule has 1 N–H and O–H groups in total. The number of rotatable bonds is 3. The molecular formula is C8H10N2S. The molecule has 1 aromatic heterocycles. The van der Waals surface area contributed by atoms with Crippen molar-refractivity contribution in [2.24, 2.45) is 0 Å². The van der Waals surface area contributed by atoms with Crippen molar-refractivity contribution in [3.05, 3.63) is 17.0 Å². The summed E-state index contributed by atoms with van der Waals surface area (Å²) >= 11 is 1.50. The van der Waals surface area contributed by atoms with Crippen molar-refractivity contribution in [3.8, 4) is 6.07 Å². The van der Waals surface area contributed by atoms with Crippen LogP contribution in [-0.2, 0) is 0 Å². The van der Waals surface area contributed by atoms with Crippen LogP contribution in [0.4, 0.5) is 5.00 Å². The Morgan fingerprint density at radius 3 is 3.00 bits per heavy atom. The van der Waals surface area contributed by atoms with E-state index in [9.17, 15) is 0 Å². The normalized spacial score (nSPS) is 9.09. The third-order valence-corrected chi connectivity index (χ3v) is 2.21. The summed E-state index contributed by atoms with van der Waals surface area (Å²) in [4.78, 5) is 0.767. The fourth-order valence-corrected chi connectivity index (χ4v) is 1.47. The number of nitrogens with zero attached hydrogens (tertiary/aromatic N) is 1. The second-order valence-electron chi connectivity index (χ2n) is 2.20. The number of nitriles is 1.